The molecule has 0 aliphatic carbocycles. The Balaban J connectivity index is 1.25. The van der Waals surface area contributed by atoms with Crippen LogP contribution in [0.2, 0.25) is 0 Å². The summed E-state index contributed by atoms with van der Waals surface area (Å²) in [7, 11) is 0. The number of nitrogens with zero attached hydrogens (tertiary/aromatic N) is 4. The van der Waals surface area contributed by atoms with E-state index < -0.39 is 11.3 Å². The van der Waals surface area contributed by atoms with Crippen molar-refractivity contribution in [2.45, 2.75) is 0 Å². The lowest BCUT2D eigenvalue weighted by Crippen LogP contribution is -2.51. The quantitative estimate of drug-likeness (QED) is 0.364. The van der Waals surface area contributed by atoms with E-state index in [4.69, 9.17) is 0 Å². The summed E-state index contributed by atoms with van der Waals surface area (Å²) >= 11 is -2.37. The number of amides is 3. The average molecular weight is 534 g/mol. The van der Waals surface area contributed by atoms with Gasteiger partial charge in [-0.3, -0.25) is 14.3 Å². The predicted octanol–water partition coefficient (Wildman–Crippen LogP) is 4.64. The van der Waals surface area contributed by atoms with E-state index in [0.29, 0.717) is 54.3 Å². The van der Waals surface area contributed by atoms with Crippen LogP contribution in [0.5, 0.6) is 0 Å². The number of aromatic nitrogens is 1. The number of rotatable bonds is 5. The number of carbonyl (C=O) groups excluding carboxylic acids is 2. The fraction of sp³-hybridized carbons (Fsp3) is 0.148. The average Bonchev–Trinajstić information content (AvgIpc) is 2.94. The van der Waals surface area contributed by atoms with Crippen LogP contribution in [-0.4, -0.2) is 61.7 Å². The van der Waals surface area contributed by atoms with Gasteiger partial charge in [-0.1, -0.05) is 18.2 Å². The summed E-state index contributed by atoms with van der Waals surface area (Å²) in [5, 5.41) is 3.56. The molecular formula is C27H24FN5O4S. The van der Waals surface area contributed by atoms with E-state index in [9.17, 15) is 22.7 Å². The third-order valence-corrected chi connectivity index (χ3v) is 7.00. The lowest BCUT2D eigenvalue weighted by molar-refractivity contribution is 0.0671. The number of para-hydroxylation sites is 1. The molecule has 1 aromatic heterocycles. The van der Waals surface area contributed by atoms with E-state index >= 15 is 0 Å². The van der Waals surface area contributed by atoms with Crippen molar-refractivity contribution in [3.63, 3.8) is 0 Å². The molecule has 2 N–H and O–H groups in total. The molecule has 0 bridgehead atoms. The van der Waals surface area contributed by atoms with Crippen LogP contribution in [0.3, 0.4) is 0 Å². The van der Waals surface area contributed by atoms with Gasteiger partial charge in [0, 0.05) is 49.0 Å². The molecule has 0 saturated carbocycles. The van der Waals surface area contributed by atoms with Gasteiger partial charge in [-0.15, -0.1) is 0 Å². The number of carbonyl (C=O) groups is 2. The van der Waals surface area contributed by atoms with Gasteiger partial charge in [-0.2, -0.15) is 0 Å². The molecule has 194 valence electrons. The summed E-state index contributed by atoms with van der Waals surface area (Å²) in [6.07, 6.45) is 1.62. The minimum atomic E-state index is -2.37. The Morgan fingerprint density at radius 2 is 1.55 bits per heavy atom. The van der Waals surface area contributed by atoms with Gasteiger partial charge >= 0.3 is 6.03 Å². The summed E-state index contributed by atoms with van der Waals surface area (Å²) in [6.45, 7) is 1.40. The van der Waals surface area contributed by atoms with Gasteiger partial charge in [0.05, 0.1) is 16.9 Å². The van der Waals surface area contributed by atoms with Crippen molar-refractivity contribution in [1.82, 2.24) is 14.8 Å². The fourth-order valence-corrected chi connectivity index (χ4v) is 4.95. The molecule has 0 spiro atoms. The number of hydrogen-bond donors (Lipinski definition) is 2. The van der Waals surface area contributed by atoms with Crippen LogP contribution in [-0.2, 0) is 11.3 Å². The third-order valence-electron chi connectivity index (χ3n) is 6.28. The monoisotopic (exact) mass is 533 g/mol. The van der Waals surface area contributed by atoms with E-state index in [2.05, 4.69) is 10.3 Å². The van der Waals surface area contributed by atoms with Gasteiger partial charge in [-0.25, -0.2) is 17.7 Å². The van der Waals surface area contributed by atoms with E-state index in [1.807, 2.05) is 12.1 Å². The number of anilines is 3. The molecule has 38 heavy (non-hydrogen) atoms. The maximum absolute atomic E-state index is 13.1. The normalized spacial score (nSPS) is 14.3. The first-order chi connectivity index (χ1) is 18.4. The zero-order valence-electron chi connectivity index (χ0n) is 20.2. The van der Waals surface area contributed by atoms with Crippen LogP contribution in [0.25, 0.3) is 10.9 Å². The predicted molar refractivity (Wildman–Crippen MR) is 144 cm³/mol. The highest BCUT2D eigenvalue weighted by Crippen LogP contribution is 2.32. The third kappa shape index (κ3) is 5.34. The molecule has 3 amide bonds. The highest BCUT2D eigenvalue weighted by molar-refractivity contribution is 7.81. The van der Waals surface area contributed by atoms with Crippen LogP contribution in [0.4, 0.5) is 26.2 Å². The number of halogens is 1. The van der Waals surface area contributed by atoms with E-state index in [1.165, 1.54) is 28.6 Å². The summed E-state index contributed by atoms with van der Waals surface area (Å²) in [4.78, 5) is 33.2. The van der Waals surface area contributed by atoms with Crippen LogP contribution >= 0.6 is 0 Å². The minimum absolute atomic E-state index is 0.196. The van der Waals surface area contributed by atoms with Crippen LogP contribution in [0.1, 0.15) is 10.4 Å². The van der Waals surface area contributed by atoms with Crippen molar-refractivity contribution in [2.24, 2.45) is 0 Å². The fourth-order valence-electron chi connectivity index (χ4n) is 4.34. The van der Waals surface area contributed by atoms with Crippen molar-refractivity contribution in [3.05, 3.63) is 96.4 Å². The van der Waals surface area contributed by atoms with Crippen LogP contribution < -0.4 is 9.62 Å². The SMILES string of the molecule is O=C(Nc1ccc(F)cc1)N1CCN(C(=O)c2ccc(N(c3cccc4cccnc34)S(=O)O)cc2)CC1. The van der Waals surface area contributed by atoms with Crippen molar-refractivity contribution in [3.8, 4) is 0 Å². The summed E-state index contributed by atoms with van der Waals surface area (Å²) in [5.41, 5.74) is 2.41. The zero-order chi connectivity index (χ0) is 26.6. The Morgan fingerprint density at radius 3 is 2.24 bits per heavy atom. The smallest absolute Gasteiger partial charge is 0.321 e. The maximum Gasteiger partial charge on any atom is 0.321 e. The maximum atomic E-state index is 13.1. The second-order valence-corrected chi connectivity index (χ2v) is 9.47. The molecule has 1 unspecified atom stereocenters. The van der Waals surface area contributed by atoms with Crippen LogP contribution in [0.15, 0.2) is 85.1 Å². The summed E-state index contributed by atoms with van der Waals surface area (Å²) in [6, 6.07) is 20.7. The molecule has 1 aliphatic heterocycles. The van der Waals surface area contributed by atoms with Gasteiger partial charge < -0.3 is 15.1 Å². The molecule has 4 aromatic rings. The van der Waals surface area contributed by atoms with Gasteiger partial charge in [-0.05, 0) is 60.7 Å². The largest absolute Gasteiger partial charge is 0.335 e. The van der Waals surface area contributed by atoms with Crippen molar-refractivity contribution in [2.75, 3.05) is 35.8 Å². The first kappa shape index (κ1) is 25.3. The Labute approximate surface area is 220 Å². The first-order valence-corrected chi connectivity index (χ1v) is 12.9. The van der Waals surface area contributed by atoms with Gasteiger partial charge in [0.2, 0.25) is 0 Å². The molecule has 1 saturated heterocycles. The van der Waals surface area contributed by atoms with Crippen molar-refractivity contribution < 1.29 is 22.7 Å². The number of piperazine rings is 1. The molecule has 3 aromatic carbocycles. The van der Waals surface area contributed by atoms with E-state index in [-0.39, 0.29) is 17.8 Å². The molecular weight excluding hydrogens is 509 g/mol. The molecule has 1 fully saturated rings. The van der Waals surface area contributed by atoms with Gasteiger partial charge in [0.1, 0.15) is 5.82 Å². The Kier molecular flexibility index (Phi) is 7.29. The van der Waals surface area contributed by atoms with E-state index in [0.717, 1.165) is 5.39 Å². The number of hydrogen-bond acceptors (Lipinski definition) is 4. The molecule has 2 heterocycles. The molecule has 11 heteroatoms. The first-order valence-electron chi connectivity index (χ1n) is 11.9. The second kappa shape index (κ2) is 11.0. The summed E-state index contributed by atoms with van der Waals surface area (Å²) in [5.74, 6) is -0.579. The Bertz CT molecular complexity index is 1490. The second-order valence-electron chi connectivity index (χ2n) is 8.64. The Morgan fingerprint density at radius 1 is 0.895 bits per heavy atom. The molecule has 1 atom stereocenters. The highest BCUT2D eigenvalue weighted by atomic mass is 32.2. The topological polar surface area (TPSA) is 106 Å². The van der Waals surface area contributed by atoms with Gasteiger partial charge in [0.15, 0.2) is 0 Å². The number of urea groups is 1. The number of benzene rings is 3. The lowest BCUT2D eigenvalue weighted by atomic mass is 10.1. The van der Waals surface area contributed by atoms with Crippen molar-refractivity contribution >= 4 is 51.2 Å². The molecule has 0 radical (unpaired) electrons. The van der Waals surface area contributed by atoms with Crippen LogP contribution in [0, 0.1) is 5.82 Å². The molecule has 5 rings (SSSR count). The zero-order valence-corrected chi connectivity index (χ0v) is 21.0. The van der Waals surface area contributed by atoms with Gasteiger partial charge in [0.25, 0.3) is 17.2 Å². The molecule has 9 nitrogen and oxygen atoms in total. The highest BCUT2D eigenvalue weighted by Gasteiger charge is 2.25. The number of pyridine rings is 1. The minimum Gasteiger partial charge on any atom is -0.335 e. The van der Waals surface area contributed by atoms with E-state index in [1.54, 1.807) is 58.5 Å². The number of fused-ring (bicyclic) bond motifs is 1. The number of nitrogens with one attached hydrogen (secondary N) is 1. The van der Waals surface area contributed by atoms with Crippen molar-refractivity contribution in [1.29, 1.82) is 0 Å². The summed E-state index contributed by atoms with van der Waals surface area (Å²) < 4.78 is 36.7. The standard InChI is InChI=1S/C27H24FN5O4S/c28-21-8-10-22(11-9-21)30-27(35)32-17-15-31(16-18-32)26(34)20-6-12-23(13-7-20)33(38(36)37)24-5-1-3-19-4-2-14-29-25(19)24/h1-14H,15-18H2,(H,30,35)(H,36,37). The Hall–Kier alpha value is -4.35. The molecule has 1 aliphatic rings. The lowest BCUT2D eigenvalue weighted by Gasteiger charge is -2.34.